The maximum absolute atomic E-state index is 10.8. The largest absolute Gasteiger partial charge is 0.504 e. The number of methoxy groups -OCH3 is 4. The van der Waals surface area contributed by atoms with E-state index in [4.69, 9.17) is 23.7 Å². The van der Waals surface area contributed by atoms with Crippen molar-refractivity contribution in [3.05, 3.63) is 41.5 Å². The van der Waals surface area contributed by atoms with Crippen LogP contribution >= 0.6 is 0 Å². The lowest BCUT2D eigenvalue weighted by atomic mass is 10.0. The molecule has 0 saturated heterocycles. The Morgan fingerprint density at radius 2 is 1.38 bits per heavy atom. The Morgan fingerprint density at radius 1 is 0.828 bits per heavy atom. The van der Waals surface area contributed by atoms with Crippen molar-refractivity contribution in [1.29, 1.82) is 0 Å². The van der Waals surface area contributed by atoms with E-state index in [1.807, 2.05) is 31.2 Å². The molecule has 0 amide bonds. The summed E-state index contributed by atoms with van der Waals surface area (Å²) in [7, 11) is 5.95. The molecule has 0 aromatic heterocycles. The van der Waals surface area contributed by atoms with Gasteiger partial charge in [0, 0.05) is 0 Å². The molecule has 2 rings (SSSR count). The van der Waals surface area contributed by atoms with Crippen LogP contribution in [0.5, 0.6) is 34.5 Å². The number of hydrogen-bond donors (Lipinski definition) is 2. The molecule has 2 N–H and O–H groups in total. The normalized spacial score (nSPS) is 13.1. The molecule has 0 aliphatic rings. The fourth-order valence-corrected chi connectivity index (χ4v) is 2.96. The lowest BCUT2D eigenvalue weighted by Crippen LogP contribution is -2.22. The van der Waals surface area contributed by atoms with Gasteiger partial charge in [-0.1, -0.05) is 12.2 Å². The van der Waals surface area contributed by atoms with Crippen LogP contribution in [-0.4, -0.2) is 44.8 Å². The fourth-order valence-electron chi connectivity index (χ4n) is 2.96. The third-order valence-corrected chi connectivity index (χ3v) is 4.41. The highest BCUT2D eigenvalue weighted by atomic mass is 16.5. The molecule has 2 atom stereocenters. The second kappa shape index (κ2) is 9.93. The van der Waals surface area contributed by atoms with Crippen LogP contribution in [0.1, 0.15) is 31.1 Å². The van der Waals surface area contributed by atoms with E-state index >= 15 is 0 Å². The zero-order chi connectivity index (χ0) is 21.6. The quantitative estimate of drug-likeness (QED) is 0.654. The molecule has 0 spiro atoms. The van der Waals surface area contributed by atoms with Gasteiger partial charge in [-0.15, -0.1) is 0 Å². The minimum atomic E-state index is -1.06. The second-order valence-electron chi connectivity index (χ2n) is 6.30. The Hall–Kier alpha value is -3.06. The van der Waals surface area contributed by atoms with Crippen LogP contribution in [0.15, 0.2) is 30.3 Å². The molecule has 7 nitrogen and oxygen atoms in total. The first-order valence-electron chi connectivity index (χ1n) is 9.08. The Bertz CT molecular complexity index is 835. The van der Waals surface area contributed by atoms with E-state index in [1.165, 1.54) is 34.5 Å². The van der Waals surface area contributed by atoms with Gasteiger partial charge in [-0.05, 0) is 49.2 Å². The van der Waals surface area contributed by atoms with Gasteiger partial charge in [-0.25, -0.2) is 0 Å². The maximum Gasteiger partial charge on any atom is 0.203 e. The van der Waals surface area contributed by atoms with Crippen LogP contribution in [0.25, 0.3) is 6.08 Å². The third kappa shape index (κ3) is 4.86. The van der Waals surface area contributed by atoms with E-state index < -0.39 is 12.2 Å². The van der Waals surface area contributed by atoms with Crippen molar-refractivity contribution in [2.24, 2.45) is 0 Å². The minimum absolute atomic E-state index is 0.140. The van der Waals surface area contributed by atoms with Crippen molar-refractivity contribution in [3.8, 4) is 34.5 Å². The highest BCUT2D eigenvalue weighted by molar-refractivity contribution is 5.62. The summed E-state index contributed by atoms with van der Waals surface area (Å²) in [5.41, 5.74) is 1.31. The van der Waals surface area contributed by atoms with Gasteiger partial charge in [-0.3, -0.25) is 0 Å². The van der Waals surface area contributed by atoms with Crippen LogP contribution in [0.3, 0.4) is 0 Å². The predicted octanol–water partition coefficient (Wildman–Crippen LogP) is 3.96. The van der Waals surface area contributed by atoms with Crippen molar-refractivity contribution in [2.75, 3.05) is 28.4 Å². The molecule has 0 heterocycles. The first kappa shape index (κ1) is 22.2. The number of allylic oxidation sites excluding steroid dienone is 1. The number of ether oxygens (including phenoxy) is 5. The topological polar surface area (TPSA) is 86.6 Å². The number of hydrogen-bond acceptors (Lipinski definition) is 7. The monoisotopic (exact) mass is 404 g/mol. The summed E-state index contributed by atoms with van der Waals surface area (Å²) in [5.74, 6) is 1.69. The van der Waals surface area contributed by atoms with Crippen LogP contribution in [0, 0.1) is 0 Å². The molecule has 7 heteroatoms. The third-order valence-electron chi connectivity index (χ3n) is 4.41. The van der Waals surface area contributed by atoms with E-state index in [9.17, 15) is 10.2 Å². The van der Waals surface area contributed by atoms with Crippen molar-refractivity contribution in [2.45, 2.75) is 26.1 Å². The molecule has 0 bridgehead atoms. The minimum Gasteiger partial charge on any atom is -0.504 e. The standard InChI is InChI=1S/C22H28O7/c1-7-8-14-9-17(25-3)22(18(10-14)26-4)29-13(2)20(24)15-11-16(23)21(28-6)19(12-15)27-5/h7-13,20,23-24H,1-6H3/b8-7+/t13-,20+/m0/s1. The second-order valence-corrected chi connectivity index (χ2v) is 6.30. The maximum atomic E-state index is 10.8. The average molecular weight is 404 g/mol. The predicted molar refractivity (Wildman–Crippen MR) is 111 cm³/mol. The lowest BCUT2D eigenvalue weighted by molar-refractivity contribution is 0.0431. The zero-order valence-electron chi connectivity index (χ0n) is 17.6. The fraction of sp³-hybridized carbons (Fsp3) is 0.364. The summed E-state index contributed by atoms with van der Waals surface area (Å²) in [6, 6.07) is 6.64. The van der Waals surface area contributed by atoms with E-state index in [0.717, 1.165) is 5.56 Å². The number of phenols is 1. The van der Waals surface area contributed by atoms with Gasteiger partial charge in [0.05, 0.1) is 28.4 Å². The molecule has 0 fully saturated rings. The summed E-state index contributed by atoms with van der Waals surface area (Å²) >= 11 is 0. The molecule has 2 aromatic carbocycles. The van der Waals surface area contributed by atoms with E-state index in [2.05, 4.69) is 0 Å². The molecule has 0 unspecified atom stereocenters. The smallest absolute Gasteiger partial charge is 0.203 e. The summed E-state index contributed by atoms with van der Waals surface area (Å²) in [4.78, 5) is 0. The molecule has 0 aliphatic carbocycles. The van der Waals surface area contributed by atoms with Gasteiger partial charge >= 0.3 is 0 Å². The van der Waals surface area contributed by atoms with Crippen molar-refractivity contribution >= 4 is 6.08 Å². The van der Waals surface area contributed by atoms with Crippen LogP contribution in [0.4, 0.5) is 0 Å². The molecule has 0 saturated carbocycles. The molecule has 158 valence electrons. The molecule has 0 radical (unpaired) electrons. The number of phenolic OH excluding ortho intramolecular Hbond substituents is 1. The van der Waals surface area contributed by atoms with Gasteiger partial charge < -0.3 is 33.9 Å². The van der Waals surface area contributed by atoms with Gasteiger partial charge in [0.1, 0.15) is 12.2 Å². The van der Waals surface area contributed by atoms with Crippen LogP contribution in [-0.2, 0) is 0 Å². The van der Waals surface area contributed by atoms with Crippen molar-refractivity contribution < 1.29 is 33.9 Å². The SMILES string of the molecule is C/C=C/c1cc(OC)c(O[C@@H](C)[C@@H](O)c2cc(O)c(OC)c(OC)c2)c(OC)c1. The zero-order valence-corrected chi connectivity index (χ0v) is 17.6. The van der Waals surface area contributed by atoms with Crippen LogP contribution < -0.4 is 23.7 Å². The molecule has 2 aromatic rings. The average Bonchev–Trinajstić information content (AvgIpc) is 2.73. The summed E-state index contributed by atoms with van der Waals surface area (Å²) in [6.07, 6.45) is 2.07. The van der Waals surface area contributed by atoms with Gasteiger partial charge in [0.25, 0.3) is 0 Å². The van der Waals surface area contributed by atoms with Gasteiger partial charge in [-0.2, -0.15) is 0 Å². The van der Waals surface area contributed by atoms with Crippen LogP contribution in [0.2, 0.25) is 0 Å². The van der Waals surface area contributed by atoms with E-state index in [1.54, 1.807) is 13.0 Å². The number of rotatable bonds is 9. The Labute approximate surface area is 171 Å². The first-order chi connectivity index (χ1) is 13.9. The van der Waals surface area contributed by atoms with E-state index in [0.29, 0.717) is 28.6 Å². The Kier molecular flexibility index (Phi) is 7.61. The van der Waals surface area contributed by atoms with E-state index in [-0.39, 0.29) is 11.5 Å². The number of benzene rings is 2. The Morgan fingerprint density at radius 3 is 1.86 bits per heavy atom. The highest BCUT2D eigenvalue weighted by Gasteiger charge is 2.25. The van der Waals surface area contributed by atoms with Crippen molar-refractivity contribution in [3.63, 3.8) is 0 Å². The molecule has 0 aliphatic heterocycles. The Balaban J connectivity index is 2.37. The molecular weight excluding hydrogens is 376 g/mol. The van der Waals surface area contributed by atoms with Gasteiger partial charge in [0.2, 0.25) is 11.5 Å². The first-order valence-corrected chi connectivity index (χ1v) is 9.08. The summed E-state index contributed by atoms with van der Waals surface area (Å²) in [5, 5.41) is 21.0. The lowest BCUT2D eigenvalue weighted by Gasteiger charge is -2.24. The summed E-state index contributed by atoms with van der Waals surface area (Å²) in [6.45, 7) is 3.62. The molecule has 29 heavy (non-hydrogen) atoms. The number of aromatic hydroxyl groups is 1. The van der Waals surface area contributed by atoms with Crippen molar-refractivity contribution in [1.82, 2.24) is 0 Å². The highest BCUT2D eigenvalue weighted by Crippen LogP contribution is 2.42. The molecular formula is C22H28O7. The summed E-state index contributed by atoms with van der Waals surface area (Å²) < 4.78 is 27.3. The van der Waals surface area contributed by atoms with Gasteiger partial charge in [0.15, 0.2) is 23.0 Å². The number of aliphatic hydroxyl groups is 1. The number of aliphatic hydroxyl groups excluding tert-OH is 1.